The molecule has 1 aliphatic carbocycles. The van der Waals surface area contributed by atoms with Gasteiger partial charge < -0.3 is 15.6 Å². The van der Waals surface area contributed by atoms with Gasteiger partial charge in [0.25, 0.3) is 0 Å². The molecule has 2 atom stereocenters. The predicted molar refractivity (Wildman–Crippen MR) is 75.0 cm³/mol. The zero-order valence-electron chi connectivity index (χ0n) is 12.6. The number of likely N-dealkylation sites (N-methyl/N-ethyl adjacent to an activating group) is 1. The minimum absolute atomic E-state index is 0.0403. The number of carbonyl (C=O) groups excluding carboxylic acids is 2. The summed E-state index contributed by atoms with van der Waals surface area (Å²) < 4.78 is 29.1. The standard InChI is InChI=1S/C15H18F2N2O3/c1-14(13(18)21,19(2)3)10-4-11(16)8-5-15(22,7-20)6-9(8)12(10)17/h4,7,22H,5-6H2,1-3H3,(H2,18,21). The molecule has 0 bridgehead atoms. The van der Waals surface area contributed by atoms with E-state index in [-0.39, 0.29) is 35.8 Å². The third-order valence-corrected chi connectivity index (χ3v) is 4.51. The van der Waals surface area contributed by atoms with Crippen LogP contribution < -0.4 is 5.73 Å². The van der Waals surface area contributed by atoms with Crippen LogP contribution in [-0.4, -0.2) is 41.9 Å². The number of aldehydes is 1. The Morgan fingerprint density at radius 2 is 1.95 bits per heavy atom. The summed E-state index contributed by atoms with van der Waals surface area (Å²) in [6.45, 7) is 1.39. The van der Waals surface area contributed by atoms with Crippen molar-refractivity contribution in [2.24, 2.45) is 5.73 Å². The first kappa shape index (κ1) is 16.5. The normalized spacial score (nSPS) is 23.2. The van der Waals surface area contributed by atoms with Crippen molar-refractivity contribution in [2.75, 3.05) is 14.1 Å². The average Bonchev–Trinajstić information content (AvgIpc) is 2.81. The van der Waals surface area contributed by atoms with Crippen LogP contribution in [0.5, 0.6) is 0 Å². The van der Waals surface area contributed by atoms with E-state index in [4.69, 9.17) is 5.73 Å². The molecule has 5 nitrogen and oxygen atoms in total. The summed E-state index contributed by atoms with van der Waals surface area (Å²) in [5, 5.41) is 9.98. The van der Waals surface area contributed by atoms with Crippen molar-refractivity contribution in [2.45, 2.75) is 30.9 Å². The number of carbonyl (C=O) groups is 2. The molecule has 0 saturated carbocycles. The van der Waals surface area contributed by atoms with Gasteiger partial charge in [-0.25, -0.2) is 8.78 Å². The Kier molecular flexibility index (Phi) is 3.83. The second kappa shape index (κ2) is 5.10. The fourth-order valence-corrected chi connectivity index (χ4v) is 2.80. The number of nitrogens with zero attached hydrogens (tertiary/aromatic N) is 1. The lowest BCUT2D eigenvalue weighted by molar-refractivity contribution is -0.128. The first-order valence-corrected chi connectivity index (χ1v) is 6.73. The first-order valence-electron chi connectivity index (χ1n) is 6.73. The molecule has 1 aromatic carbocycles. The number of fused-ring (bicyclic) bond motifs is 1. The molecule has 0 aromatic heterocycles. The number of hydrogen-bond acceptors (Lipinski definition) is 4. The number of primary amides is 1. The van der Waals surface area contributed by atoms with Gasteiger partial charge in [0.1, 0.15) is 22.8 Å². The van der Waals surface area contributed by atoms with Crippen LogP contribution >= 0.6 is 0 Å². The molecule has 0 spiro atoms. The zero-order valence-corrected chi connectivity index (χ0v) is 12.6. The quantitative estimate of drug-likeness (QED) is 0.781. The summed E-state index contributed by atoms with van der Waals surface area (Å²) in [5.41, 5.74) is 1.67. The van der Waals surface area contributed by atoms with Gasteiger partial charge in [0.15, 0.2) is 6.29 Å². The maximum Gasteiger partial charge on any atom is 0.242 e. The molecule has 3 N–H and O–H groups in total. The van der Waals surface area contributed by atoms with Crippen LogP contribution in [0.3, 0.4) is 0 Å². The van der Waals surface area contributed by atoms with E-state index in [1.165, 1.54) is 25.9 Å². The Hall–Kier alpha value is -1.86. The molecule has 1 aromatic rings. The highest BCUT2D eigenvalue weighted by atomic mass is 19.1. The second-order valence-electron chi connectivity index (χ2n) is 6.08. The largest absolute Gasteiger partial charge is 0.382 e. The highest BCUT2D eigenvalue weighted by Crippen LogP contribution is 2.38. The lowest BCUT2D eigenvalue weighted by Crippen LogP contribution is -2.50. The predicted octanol–water partition coefficient (Wildman–Crippen LogP) is 0.256. The van der Waals surface area contributed by atoms with Crippen LogP contribution in [0, 0.1) is 11.6 Å². The molecular formula is C15H18F2N2O3. The molecule has 0 saturated heterocycles. The van der Waals surface area contributed by atoms with E-state index in [0.29, 0.717) is 0 Å². The lowest BCUT2D eigenvalue weighted by atomic mass is 9.87. The summed E-state index contributed by atoms with van der Waals surface area (Å²) in [6.07, 6.45) is -0.334. The number of aliphatic hydroxyl groups is 1. The van der Waals surface area contributed by atoms with E-state index in [0.717, 1.165) is 6.07 Å². The van der Waals surface area contributed by atoms with Crippen molar-refractivity contribution >= 4 is 12.2 Å². The van der Waals surface area contributed by atoms with Gasteiger partial charge in [-0.1, -0.05) is 0 Å². The van der Waals surface area contributed by atoms with Crippen molar-refractivity contribution in [3.05, 3.63) is 34.4 Å². The van der Waals surface area contributed by atoms with Gasteiger partial charge in [-0.2, -0.15) is 0 Å². The maximum absolute atomic E-state index is 14.8. The second-order valence-corrected chi connectivity index (χ2v) is 6.08. The number of hydrogen-bond donors (Lipinski definition) is 2. The highest BCUT2D eigenvalue weighted by Gasteiger charge is 2.44. The molecule has 0 radical (unpaired) electrons. The Bertz CT molecular complexity index is 663. The van der Waals surface area contributed by atoms with Crippen molar-refractivity contribution < 1.29 is 23.5 Å². The van der Waals surface area contributed by atoms with E-state index in [2.05, 4.69) is 0 Å². The number of rotatable bonds is 4. The molecule has 22 heavy (non-hydrogen) atoms. The van der Waals surface area contributed by atoms with Crippen molar-refractivity contribution in [3.63, 3.8) is 0 Å². The van der Waals surface area contributed by atoms with Gasteiger partial charge in [-0.05, 0) is 38.2 Å². The average molecular weight is 312 g/mol. The molecule has 0 heterocycles. The van der Waals surface area contributed by atoms with Gasteiger partial charge >= 0.3 is 0 Å². The fourth-order valence-electron chi connectivity index (χ4n) is 2.80. The molecule has 0 aliphatic heterocycles. The molecule has 7 heteroatoms. The van der Waals surface area contributed by atoms with Crippen LogP contribution in [0.2, 0.25) is 0 Å². The summed E-state index contributed by atoms with van der Waals surface area (Å²) in [6, 6.07) is 0.912. The number of amides is 1. The minimum atomic E-state index is -1.82. The topological polar surface area (TPSA) is 83.6 Å². The van der Waals surface area contributed by atoms with Crippen molar-refractivity contribution in [1.29, 1.82) is 0 Å². The van der Waals surface area contributed by atoms with Gasteiger partial charge in [-0.15, -0.1) is 0 Å². The molecule has 2 rings (SSSR count). The summed E-state index contributed by atoms with van der Waals surface area (Å²) in [4.78, 5) is 24.1. The monoisotopic (exact) mass is 312 g/mol. The van der Waals surface area contributed by atoms with Crippen molar-refractivity contribution in [1.82, 2.24) is 4.90 Å². The maximum atomic E-state index is 14.8. The Labute approximate surface area is 126 Å². The van der Waals surface area contributed by atoms with Crippen LogP contribution in [-0.2, 0) is 28.0 Å². The van der Waals surface area contributed by atoms with Gasteiger partial charge in [0, 0.05) is 18.4 Å². The van der Waals surface area contributed by atoms with Gasteiger partial charge in [0.05, 0.1) is 0 Å². The smallest absolute Gasteiger partial charge is 0.242 e. The Morgan fingerprint density at radius 3 is 2.41 bits per heavy atom. The van der Waals surface area contributed by atoms with Crippen LogP contribution in [0.15, 0.2) is 6.07 Å². The van der Waals surface area contributed by atoms with Crippen LogP contribution in [0.1, 0.15) is 23.6 Å². The molecule has 120 valence electrons. The van der Waals surface area contributed by atoms with E-state index >= 15 is 0 Å². The third-order valence-electron chi connectivity index (χ3n) is 4.51. The van der Waals surface area contributed by atoms with E-state index < -0.39 is 28.7 Å². The first-order chi connectivity index (χ1) is 10.1. The van der Waals surface area contributed by atoms with Crippen LogP contribution in [0.4, 0.5) is 8.78 Å². The molecular weight excluding hydrogens is 294 g/mol. The summed E-state index contributed by atoms with van der Waals surface area (Å²) in [7, 11) is 3.05. The van der Waals surface area contributed by atoms with Crippen molar-refractivity contribution in [3.8, 4) is 0 Å². The Morgan fingerprint density at radius 1 is 1.41 bits per heavy atom. The number of nitrogens with two attached hydrogens (primary N) is 1. The fraction of sp³-hybridized carbons (Fsp3) is 0.467. The number of benzene rings is 1. The molecule has 0 fully saturated rings. The number of halogens is 2. The molecule has 1 aliphatic rings. The zero-order chi connectivity index (χ0) is 16.9. The van der Waals surface area contributed by atoms with Crippen LogP contribution in [0.25, 0.3) is 0 Å². The lowest BCUT2D eigenvalue weighted by Gasteiger charge is -2.34. The summed E-state index contributed by atoms with van der Waals surface area (Å²) in [5.74, 6) is -2.41. The van der Waals surface area contributed by atoms with Gasteiger partial charge in [0.2, 0.25) is 5.91 Å². The highest BCUT2D eigenvalue weighted by molar-refractivity contribution is 5.86. The molecule has 2 unspecified atom stereocenters. The molecule has 1 amide bonds. The Balaban J connectivity index is 2.69. The van der Waals surface area contributed by atoms with E-state index in [1.54, 1.807) is 0 Å². The SMILES string of the molecule is CN(C)C(C)(C(N)=O)c1cc(F)c2c(c1F)CC(O)(C=O)C2. The third kappa shape index (κ3) is 2.21. The van der Waals surface area contributed by atoms with E-state index in [1.807, 2.05) is 0 Å². The van der Waals surface area contributed by atoms with Gasteiger partial charge in [-0.3, -0.25) is 9.69 Å². The summed E-state index contributed by atoms with van der Waals surface area (Å²) >= 11 is 0. The minimum Gasteiger partial charge on any atom is -0.382 e. The van der Waals surface area contributed by atoms with E-state index in [9.17, 15) is 23.5 Å².